The molecule has 0 heterocycles. The molecular formula is C28H38F2O. The average Bonchev–Trinajstić information content (AvgIpc) is 2.79. The maximum atomic E-state index is 15.4. The number of rotatable bonds is 8. The molecule has 2 aromatic rings. The van der Waals surface area contributed by atoms with Crippen LogP contribution in [0, 0.1) is 29.4 Å². The van der Waals surface area contributed by atoms with E-state index in [4.69, 9.17) is 4.74 Å². The molecule has 170 valence electrons. The fourth-order valence-corrected chi connectivity index (χ4v) is 6.34. The number of hydrogen-bond donors (Lipinski definition) is 0. The first-order chi connectivity index (χ1) is 15.1. The molecule has 0 saturated heterocycles. The third-order valence-corrected chi connectivity index (χ3v) is 8.13. The van der Waals surface area contributed by atoms with Crippen molar-refractivity contribution in [2.24, 2.45) is 17.8 Å². The van der Waals surface area contributed by atoms with Gasteiger partial charge in [0.15, 0.2) is 11.6 Å². The van der Waals surface area contributed by atoms with Crippen molar-refractivity contribution < 1.29 is 13.5 Å². The topological polar surface area (TPSA) is 9.23 Å². The van der Waals surface area contributed by atoms with E-state index in [-0.39, 0.29) is 17.5 Å². The van der Waals surface area contributed by atoms with Crippen molar-refractivity contribution in [2.45, 2.75) is 89.9 Å². The van der Waals surface area contributed by atoms with E-state index in [1.54, 1.807) is 6.07 Å². The molecule has 0 amide bonds. The second-order valence-corrected chi connectivity index (χ2v) is 10.1. The van der Waals surface area contributed by atoms with Crippen LogP contribution in [-0.2, 0) is 0 Å². The molecule has 1 nitrogen and oxygen atoms in total. The van der Waals surface area contributed by atoms with Crippen LogP contribution >= 0.6 is 0 Å². The third kappa shape index (κ3) is 5.07. The molecule has 0 radical (unpaired) electrons. The standard InChI is InChI=1S/C28H38F2O/c1-3-4-5-6-7-8-19-9-10-21-16-22(12-11-20(21)15-19)24-14-13-23-17-27(31-2)26(29)18-25(23)28(24)30/h13-14,17-22H,3-12,15-16H2,1-2H3. The van der Waals surface area contributed by atoms with Crippen LogP contribution in [0.3, 0.4) is 0 Å². The summed E-state index contributed by atoms with van der Waals surface area (Å²) >= 11 is 0. The zero-order valence-corrected chi connectivity index (χ0v) is 19.3. The molecule has 2 fully saturated rings. The molecule has 0 spiro atoms. The van der Waals surface area contributed by atoms with Crippen molar-refractivity contribution in [1.82, 2.24) is 0 Å². The van der Waals surface area contributed by atoms with Crippen LogP contribution in [0.1, 0.15) is 95.5 Å². The average molecular weight is 429 g/mol. The van der Waals surface area contributed by atoms with Crippen LogP contribution in [0.25, 0.3) is 10.8 Å². The van der Waals surface area contributed by atoms with Crippen molar-refractivity contribution >= 4 is 10.8 Å². The van der Waals surface area contributed by atoms with Gasteiger partial charge in [-0.2, -0.15) is 0 Å². The van der Waals surface area contributed by atoms with Crippen molar-refractivity contribution in [3.05, 3.63) is 41.5 Å². The lowest BCUT2D eigenvalue weighted by Crippen LogP contribution is -2.30. The minimum absolute atomic E-state index is 0.169. The summed E-state index contributed by atoms with van der Waals surface area (Å²) in [6.07, 6.45) is 15.7. The fraction of sp³-hybridized carbons (Fsp3) is 0.643. The number of benzene rings is 2. The number of unbranched alkanes of at least 4 members (excludes halogenated alkanes) is 4. The highest BCUT2D eigenvalue weighted by atomic mass is 19.1. The maximum absolute atomic E-state index is 15.4. The summed E-state index contributed by atoms with van der Waals surface area (Å²) < 4.78 is 34.6. The minimum atomic E-state index is -0.497. The highest BCUT2D eigenvalue weighted by Gasteiger charge is 2.36. The van der Waals surface area contributed by atoms with Gasteiger partial charge in [-0.05, 0) is 78.9 Å². The Hall–Kier alpha value is -1.64. The van der Waals surface area contributed by atoms with E-state index in [9.17, 15) is 4.39 Å². The van der Waals surface area contributed by atoms with Gasteiger partial charge in [0, 0.05) is 5.39 Å². The summed E-state index contributed by atoms with van der Waals surface area (Å²) in [6.45, 7) is 2.27. The van der Waals surface area contributed by atoms with Gasteiger partial charge in [-0.15, -0.1) is 0 Å². The molecule has 2 aliphatic rings. The van der Waals surface area contributed by atoms with Crippen LogP contribution in [0.5, 0.6) is 5.75 Å². The molecule has 0 N–H and O–H groups in total. The lowest BCUT2D eigenvalue weighted by molar-refractivity contribution is 0.112. The van der Waals surface area contributed by atoms with Gasteiger partial charge < -0.3 is 4.74 Å². The normalized spacial score (nSPS) is 26.1. The van der Waals surface area contributed by atoms with E-state index in [0.717, 1.165) is 36.2 Å². The van der Waals surface area contributed by atoms with Gasteiger partial charge in [0.05, 0.1) is 7.11 Å². The molecular weight excluding hydrogens is 390 g/mol. The van der Waals surface area contributed by atoms with Gasteiger partial charge in [0.2, 0.25) is 0 Å². The van der Waals surface area contributed by atoms with E-state index in [1.807, 2.05) is 12.1 Å². The largest absolute Gasteiger partial charge is 0.494 e. The highest BCUT2D eigenvalue weighted by Crippen LogP contribution is 2.49. The van der Waals surface area contributed by atoms with Crippen molar-refractivity contribution in [1.29, 1.82) is 0 Å². The maximum Gasteiger partial charge on any atom is 0.165 e. The summed E-state index contributed by atoms with van der Waals surface area (Å²) in [5, 5.41) is 1.08. The monoisotopic (exact) mass is 428 g/mol. The molecule has 0 bridgehead atoms. The Kier molecular flexibility index (Phi) is 7.51. The summed E-state index contributed by atoms with van der Waals surface area (Å²) in [4.78, 5) is 0. The molecule has 31 heavy (non-hydrogen) atoms. The Morgan fingerprint density at radius 1 is 0.903 bits per heavy atom. The van der Waals surface area contributed by atoms with Gasteiger partial charge in [0.1, 0.15) is 5.82 Å². The summed E-state index contributed by atoms with van der Waals surface area (Å²) in [7, 11) is 1.44. The molecule has 2 aliphatic carbocycles. The van der Waals surface area contributed by atoms with E-state index in [1.165, 1.54) is 77.4 Å². The Morgan fingerprint density at radius 3 is 2.48 bits per heavy atom. The Balaban J connectivity index is 1.38. The van der Waals surface area contributed by atoms with Gasteiger partial charge in [-0.25, -0.2) is 8.78 Å². The number of hydrogen-bond acceptors (Lipinski definition) is 1. The summed E-state index contributed by atoms with van der Waals surface area (Å²) in [5.41, 5.74) is 0.786. The van der Waals surface area contributed by atoms with E-state index in [2.05, 4.69) is 6.92 Å². The Labute approximate surface area is 186 Å². The van der Waals surface area contributed by atoms with Gasteiger partial charge in [-0.3, -0.25) is 0 Å². The first-order valence-electron chi connectivity index (χ1n) is 12.6. The van der Waals surface area contributed by atoms with Crippen molar-refractivity contribution in [3.8, 4) is 5.75 Å². The molecule has 4 unspecified atom stereocenters. The van der Waals surface area contributed by atoms with Crippen LogP contribution in [0.4, 0.5) is 8.78 Å². The quantitative estimate of drug-likeness (QED) is 0.382. The van der Waals surface area contributed by atoms with E-state index >= 15 is 4.39 Å². The minimum Gasteiger partial charge on any atom is -0.494 e. The summed E-state index contributed by atoms with van der Waals surface area (Å²) in [6, 6.07) is 6.75. The molecule has 3 heteroatoms. The number of methoxy groups -OCH3 is 1. The zero-order chi connectivity index (χ0) is 21.8. The molecule has 2 saturated carbocycles. The predicted molar refractivity (Wildman–Crippen MR) is 125 cm³/mol. The van der Waals surface area contributed by atoms with Crippen molar-refractivity contribution in [2.75, 3.05) is 7.11 Å². The molecule has 2 aromatic carbocycles. The van der Waals surface area contributed by atoms with Crippen LogP contribution in [0.15, 0.2) is 24.3 Å². The lowest BCUT2D eigenvalue weighted by atomic mass is 9.63. The second kappa shape index (κ2) is 10.3. The van der Waals surface area contributed by atoms with E-state index in [0.29, 0.717) is 10.8 Å². The first-order valence-corrected chi connectivity index (χ1v) is 12.6. The SMILES string of the molecule is CCCCCCCC1CCC2CC(c3ccc4cc(OC)c(F)cc4c3F)CCC2C1. The van der Waals surface area contributed by atoms with Gasteiger partial charge >= 0.3 is 0 Å². The van der Waals surface area contributed by atoms with Crippen LogP contribution in [-0.4, -0.2) is 7.11 Å². The van der Waals surface area contributed by atoms with E-state index < -0.39 is 5.82 Å². The second-order valence-electron chi connectivity index (χ2n) is 10.1. The third-order valence-electron chi connectivity index (χ3n) is 8.13. The molecule has 4 rings (SSSR count). The predicted octanol–water partition coefficient (Wildman–Crippen LogP) is 8.79. The number of fused-ring (bicyclic) bond motifs is 2. The Morgan fingerprint density at radius 2 is 1.68 bits per heavy atom. The Bertz CT molecular complexity index is 877. The summed E-state index contributed by atoms with van der Waals surface area (Å²) in [5.74, 6) is 2.18. The molecule has 0 aliphatic heterocycles. The smallest absolute Gasteiger partial charge is 0.165 e. The number of ether oxygens (including phenoxy) is 1. The van der Waals surface area contributed by atoms with Crippen LogP contribution in [0.2, 0.25) is 0 Å². The van der Waals surface area contributed by atoms with Crippen LogP contribution < -0.4 is 4.74 Å². The van der Waals surface area contributed by atoms with Crippen molar-refractivity contribution in [3.63, 3.8) is 0 Å². The highest BCUT2D eigenvalue weighted by molar-refractivity contribution is 5.85. The zero-order valence-electron chi connectivity index (χ0n) is 19.3. The molecule has 0 aromatic heterocycles. The molecule has 4 atom stereocenters. The number of halogens is 2. The first kappa shape index (κ1) is 22.6. The van der Waals surface area contributed by atoms with Gasteiger partial charge in [0.25, 0.3) is 0 Å². The lowest BCUT2D eigenvalue weighted by Gasteiger charge is -2.42. The van der Waals surface area contributed by atoms with Gasteiger partial charge in [-0.1, -0.05) is 64.0 Å². The fourth-order valence-electron chi connectivity index (χ4n) is 6.34.